The van der Waals surface area contributed by atoms with Crippen LogP contribution in [0.3, 0.4) is 0 Å². The number of unbranched alkanes of at least 4 members (excludes halogenated alkanes) is 3. The first-order chi connectivity index (χ1) is 19.6. The quantitative estimate of drug-likeness (QED) is 0.0611. The number of rotatable bonds is 28. The maximum absolute atomic E-state index is 7.60. The van der Waals surface area contributed by atoms with Crippen LogP contribution in [0.2, 0.25) is 66.5 Å². The maximum atomic E-state index is 7.60. The summed E-state index contributed by atoms with van der Waals surface area (Å²) in [6, 6.07) is 12.1. The Hall–Kier alpha value is 0.844. The number of hydrogen-bond donors (Lipinski definition) is 0. The summed E-state index contributed by atoms with van der Waals surface area (Å²) in [5.41, 5.74) is 0. The molecule has 0 N–H and O–H groups in total. The molecule has 6 nitrogen and oxygen atoms in total. The molecule has 0 rings (SSSR count). The van der Waals surface area contributed by atoms with Gasteiger partial charge in [-0.15, -0.1) is 0 Å². The van der Waals surface area contributed by atoms with Crippen molar-refractivity contribution in [1.82, 2.24) is 0 Å². The topological polar surface area (TPSA) is 55.4 Å². The minimum Gasteiger partial charge on any atom is -0.416 e. The van der Waals surface area contributed by atoms with Crippen molar-refractivity contribution in [2.45, 2.75) is 175 Å². The Kier molecular flexibility index (Phi) is 22.0. The molecular weight excluding hydrogens is 597 g/mol. The van der Waals surface area contributed by atoms with Crippen LogP contribution < -0.4 is 0 Å². The van der Waals surface area contributed by atoms with Crippen LogP contribution in [0.15, 0.2) is 0 Å². The van der Waals surface area contributed by atoms with Gasteiger partial charge in [0.2, 0.25) is 0 Å². The van der Waals surface area contributed by atoms with Crippen molar-refractivity contribution in [2.75, 3.05) is 19.8 Å². The van der Waals surface area contributed by atoms with E-state index in [-0.39, 0.29) is 0 Å². The summed E-state index contributed by atoms with van der Waals surface area (Å²) in [5, 5.41) is 0. The molecule has 41 heavy (non-hydrogen) atoms. The first-order valence-corrected chi connectivity index (χ1v) is 29.0. The highest BCUT2D eigenvalue weighted by atomic mass is 28.5. The molecule has 0 fully saturated rings. The zero-order valence-electron chi connectivity index (χ0n) is 29.7. The van der Waals surface area contributed by atoms with Crippen LogP contribution in [0.25, 0.3) is 0 Å². The summed E-state index contributed by atoms with van der Waals surface area (Å²) in [6.45, 7) is 29.1. The first-order valence-electron chi connectivity index (χ1n) is 17.6. The third-order valence-corrected chi connectivity index (χ3v) is 34.4. The normalized spacial score (nSPS) is 13.8. The van der Waals surface area contributed by atoms with Gasteiger partial charge in [0.25, 0.3) is 0 Å². The van der Waals surface area contributed by atoms with Gasteiger partial charge < -0.3 is 25.6 Å². The fourth-order valence-corrected chi connectivity index (χ4v) is 30.0. The zero-order chi connectivity index (χ0) is 31.5. The molecular formula is C30H72O6Si5. The summed E-state index contributed by atoms with van der Waals surface area (Å²) in [6.07, 6.45) is 4.45. The molecule has 0 aliphatic carbocycles. The van der Waals surface area contributed by atoms with Gasteiger partial charge in [-0.05, 0) is 88.0 Å². The Bertz CT molecular complexity index is 548. The van der Waals surface area contributed by atoms with Crippen molar-refractivity contribution in [3.63, 3.8) is 0 Å². The average Bonchev–Trinajstić information content (AvgIpc) is 3.00. The van der Waals surface area contributed by atoms with E-state index in [1.807, 2.05) is 20.8 Å². The van der Waals surface area contributed by atoms with Crippen LogP contribution >= 0.6 is 0 Å². The van der Waals surface area contributed by atoms with Gasteiger partial charge in [-0.25, -0.2) is 0 Å². The molecule has 0 amide bonds. The minimum absolute atomic E-state index is 0.639. The lowest BCUT2D eigenvalue weighted by atomic mass is 10.2. The Balaban J connectivity index is 6.18. The van der Waals surface area contributed by atoms with Crippen molar-refractivity contribution in [3.8, 4) is 0 Å². The molecule has 0 radical (unpaired) electrons. The van der Waals surface area contributed by atoms with Crippen molar-refractivity contribution in [2.24, 2.45) is 0 Å². The molecule has 0 aliphatic rings. The standard InChI is InChI=1S/C30H72O6Si5/c1-13-31-40(32-14-2,33-15-3)29-27-25-26-28-30-41(34-37(16-4,17-5)18-6,35-38(19-7,20-8)21-9)36-39(22-10,23-11)24-12/h13-30H2,1-12H3. The Morgan fingerprint density at radius 3 is 0.780 bits per heavy atom. The summed E-state index contributed by atoms with van der Waals surface area (Å²) in [4.78, 5) is 0. The molecule has 0 aromatic heterocycles. The highest BCUT2D eigenvalue weighted by Gasteiger charge is 2.55. The van der Waals surface area contributed by atoms with E-state index in [0.717, 1.165) is 92.2 Å². The molecule has 0 saturated heterocycles. The average molecular weight is 669 g/mol. The van der Waals surface area contributed by atoms with Crippen LogP contribution in [0.5, 0.6) is 0 Å². The fourth-order valence-electron chi connectivity index (χ4n) is 6.14. The summed E-state index contributed by atoms with van der Waals surface area (Å²) in [5.74, 6) is 0. The summed E-state index contributed by atoms with van der Waals surface area (Å²) in [7, 11) is -11.3. The third-order valence-electron chi connectivity index (χ3n) is 9.72. The van der Waals surface area contributed by atoms with Crippen molar-refractivity contribution < 1.29 is 25.6 Å². The van der Waals surface area contributed by atoms with Gasteiger partial charge in [0.1, 0.15) is 0 Å². The van der Waals surface area contributed by atoms with E-state index < -0.39 is 42.6 Å². The van der Waals surface area contributed by atoms with Gasteiger partial charge in [-0.3, -0.25) is 0 Å². The maximum Gasteiger partial charge on any atom is 0.500 e. The molecule has 248 valence electrons. The predicted octanol–water partition coefficient (Wildman–Crippen LogP) is 10.6. The van der Waals surface area contributed by atoms with Crippen LogP contribution in [-0.2, 0) is 25.6 Å². The van der Waals surface area contributed by atoms with E-state index >= 15 is 0 Å². The molecule has 0 unspecified atom stereocenters. The van der Waals surface area contributed by atoms with Crippen molar-refractivity contribution >= 4 is 42.6 Å². The Morgan fingerprint density at radius 2 is 0.561 bits per heavy atom. The monoisotopic (exact) mass is 668 g/mol. The van der Waals surface area contributed by atoms with Gasteiger partial charge in [0.15, 0.2) is 25.0 Å². The largest absolute Gasteiger partial charge is 0.500 e. The lowest BCUT2D eigenvalue weighted by Crippen LogP contribution is -2.64. The predicted molar refractivity (Wildman–Crippen MR) is 189 cm³/mol. The number of hydrogen-bond acceptors (Lipinski definition) is 6. The molecule has 11 heteroatoms. The van der Waals surface area contributed by atoms with Crippen molar-refractivity contribution in [3.05, 3.63) is 0 Å². The summed E-state index contributed by atoms with van der Waals surface area (Å²) >= 11 is 0. The van der Waals surface area contributed by atoms with Gasteiger partial charge in [-0.1, -0.05) is 75.2 Å². The van der Waals surface area contributed by atoms with Crippen LogP contribution in [0.1, 0.15) is 109 Å². The zero-order valence-corrected chi connectivity index (χ0v) is 34.7. The second kappa shape index (κ2) is 21.6. The molecule has 0 aromatic carbocycles. The van der Waals surface area contributed by atoms with E-state index in [0.29, 0.717) is 19.8 Å². The first kappa shape index (κ1) is 41.8. The van der Waals surface area contributed by atoms with E-state index in [1.165, 1.54) is 0 Å². The van der Waals surface area contributed by atoms with E-state index in [1.54, 1.807) is 0 Å². The van der Waals surface area contributed by atoms with Crippen LogP contribution in [-0.4, -0.2) is 62.4 Å². The molecule has 0 aromatic rings. The SMILES string of the molecule is CCO[Si](CCCCCC[Si](O[Si](CC)(CC)CC)(O[Si](CC)(CC)CC)O[Si](CC)(CC)CC)(OCC)OCC. The second-order valence-electron chi connectivity index (χ2n) is 11.6. The molecule has 0 atom stereocenters. The fraction of sp³-hybridized carbons (Fsp3) is 1.00. The van der Waals surface area contributed by atoms with E-state index in [9.17, 15) is 0 Å². The minimum atomic E-state index is -2.91. The van der Waals surface area contributed by atoms with Crippen molar-refractivity contribution in [1.29, 1.82) is 0 Å². The Labute approximate surface area is 262 Å². The molecule has 0 heterocycles. The third kappa shape index (κ3) is 13.0. The summed E-state index contributed by atoms with van der Waals surface area (Å²) < 4.78 is 41.1. The lowest BCUT2D eigenvalue weighted by molar-refractivity contribution is 0.0706. The molecule has 0 saturated carbocycles. The van der Waals surface area contributed by atoms with Crippen LogP contribution in [0, 0.1) is 0 Å². The Morgan fingerprint density at radius 1 is 0.317 bits per heavy atom. The van der Waals surface area contributed by atoms with Gasteiger partial charge >= 0.3 is 17.6 Å². The van der Waals surface area contributed by atoms with Gasteiger partial charge in [0.05, 0.1) is 0 Å². The van der Waals surface area contributed by atoms with Crippen LogP contribution in [0.4, 0.5) is 0 Å². The molecule has 0 aliphatic heterocycles. The highest BCUT2D eigenvalue weighted by molar-refractivity contribution is 6.92. The smallest absolute Gasteiger partial charge is 0.416 e. The highest BCUT2D eigenvalue weighted by Crippen LogP contribution is 2.39. The van der Waals surface area contributed by atoms with E-state index in [2.05, 4.69) is 62.3 Å². The van der Waals surface area contributed by atoms with Gasteiger partial charge in [0, 0.05) is 31.9 Å². The molecule has 0 bridgehead atoms. The van der Waals surface area contributed by atoms with E-state index in [4.69, 9.17) is 25.6 Å². The van der Waals surface area contributed by atoms with Gasteiger partial charge in [-0.2, -0.15) is 0 Å². The second-order valence-corrected chi connectivity index (χ2v) is 32.1. The lowest BCUT2D eigenvalue weighted by Gasteiger charge is -2.48. The molecule has 0 spiro atoms.